The summed E-state index contributed by atoms with van der Waals surface area (Å²) >= 11 is 5.71. The highest BCUT2D eigenvalue weighted by molar-refractivity contribution is 6.29. The molecule has 2 rings (SSSR count). The zero-order valence-corrected chi connectivity index (χ0v) is 7.42. The summed E-state index contributed by atoms with van der Waals surface area (Å²) < 4.78 is 4.89. The third-order valence-electron chi connectivity index (χ3n) is 2.26. The fourth-order valence-corrected chi connectivity index (χ4v) is 1.58. The Morgan fingerprint density at radius 1 is 1.67 bits per heavy atom. The van der Waals surface area contributed by atoms with Crippen LogP contribution in [0.4, 0.5) is 0 Å². The van der Waals surface area contributed by atoms with Gasteiger partial charge in [0.1, 0.15) is 0 Å². The Kier molecular flexibility index (Phi) is 2.11. The summed E-state index contributed by atoms with van der Waals surface area (Å²) in [4.78, 5) is 0. The van der Waals surface area contributed by atoms with Gasteiger partial charge in [-0.2, -0.15) is 0 Å². The van der Waals surface area contributed by atoms with Gasteiger partial charge in [0.2, 0.25) is 0 Å². The van der Waals surface area contributed by atoms with E-state index in [2.05, 4.69) is 0 Å². The predicted octanol–water partition coefficient (Wildman–Crippen LogP) is 2.77. The molecule has 1 N–H and O–H groups in total. The molecule has 1 fully saturated rings. The predicted molar refractivity (Wildman–Crippen MR) is 46.0 cm³/mol. The minimum Gasteiger partial charge on any atom is -0.453 e. The number of furan rings is 1. The normalized spacial score (nSPS) is 19.5. The van der Waals surface area contributed by atoms with Crippen LogP contribution in [0.1, 0.15) is 30.9 Å². The molecule has 0 aromatic carbocycles. The summed E-state index contributed by atoms with van der Waals surface area (Å²) in [5.74, 6) is 0.700. The maximum absolute atomic E-state index is 9.66. The van der Waals surface area contributed by atoms with E-state index in [4.69, 9.17) is 16.0 Å². The first-order valence-electron chi connectivity index (χ1n) is 4.18. The molecule has 3 heteroatoms. The van der Waals surface area contributed by atoms with Crippen LogP contribution in [0.2, 0.25) is 5.22 Å². The highest BCUT2D eigenvalue weighted by Crippen LogP contribution is 2.39. The van der Waals surface area contributed by atoms with Crippen LogP contribution in [0, 0.1) is 5.92 Å². The van der Waals surface area contributed by atoms with Crippen molar-refractivity contribution in [2.75, 3.05) is 0 Å². The van der Waals surface area contributed by atoms with Crippen molar-refractivity contribution in [3.8, 4) is 0 Å². The van der Waals surface area contributed by atoms with E-state index in [9.17, 15) is 5.11 Å². The molecule has 0 amide bonds. The maximum Gasteiger partial charge on any atom is 0.198 e. The van der Waals surface area contributed by atoms with Gasteiger partial charge < -0.3 is 9.52 Å². The second-order valence-electron chi connectivity index (χ2n) is 3.34. The van der Waals surface area contributed by atoms with Crippen LogP contribution < -0.4 is 0 Å². The first-order valence-corrected chi connectivity index (χ1v) is 4.56. The molecule has 1 aromatic heterocycles. The first-order chi connectivity index (χ1) is 5.77. The number of aliphatic hydroxyl groups is 1. The van der Waals surface area contributed by atoms with E-state index in [1.807, 2.05) is 0 Å². The lowest BCUT2D eigenvalue weighted by molar-refractivity contribution is 0.159. The summed E-state index contributed by atoms with van der Waals surface area (Å²) in [5, 5.41) is 9.98. The number of halogens is 1. The van der Waals surface area contributed by atoms with Crippen molar-refractivity contribution in [1.82, 2.24) is 0 Å². The SMILES string of the molecule is OC(CC1CC1)c1ccoc1Cl. The van der Waals surface area contributed by atoms with E-state index in [1.165, 1.54) is 19.1 Å². The molecule has 1 aliphatic carbocycles. The summed E-state index contributed by atoms with van der Waals surface area (Å²) in [6.45, 7) is 0. The molecular formula is C9H11ClO2. The van der Waals surface area contributed by atoms with E-state index in [1.54, 1.807) is 6.07 Å². The van der Waals surface area contributed by atoms with Gasteiger partial charge in [0.05, 0.1) is 12.4 Å². The summed E-state index contributed by atoms with van der Waals surface area (Å²) in [6.07, 6.45) is 4.37. The molecule has 1 unspecified atom stereocenters. The molecule has 1 saturated carbocycles. The topological polar surface area (TPSA) is 33.4 Å². The monoisotopic (exact) mass is 186 g/mol. The Hall–Kier alpha value is -0.470. The molecular weight excluding hydrogens is 176 g/mol. The molecule has 1 aromatic rings. The third kappa shape index (κ3) is 1.65. The van der Waals surface area contributed by atoms with Crippen LogP contribution in [0.15, 0.2) is 16.7 Å². The smallest absolute Gasteiger partial charge is 0.198 e. The van der Waals surface area contributed by atoms with Gasteiger partial charge in [-0.05, 0) is 30.0 Å². The molecule has 66 valence electrons. The van der Waals surface area contributed by atoms with E-state index in [-0.39, 0.29) is 0 Å². The van der Waals surface area contributed by atoms with Gasteiger partial charge in [0, 0.05) is 5.56 Å². The maximum atomic E-state index is 9.66. The molecule has 2 nitrogen and oxygen atoms in total. The molecule has 0 radical (unpaired) electrons. The number of hydrogen-bond acceptors (Lipinski definition) is 2. The largest absolute Gasteiger partial charge is 0.453 e. The molecule has 0 saturated heterocycles. The van der Waals surface area contributed by atoms with E-state index in [0.717, 1.165) is 12.0 Å². The summed E-state index contributed by atoms with van der Waals surface area (Å²) in [6, 6.07) is 1.73. The zero-order chi connectivity index (χ0) is 8.55. The van der Waals surface area contributed by atoms with E-state index in [0.29, 0.717) is 11.1 Å². The average Bonchev–Trinajstić information content (AvgIpc) is 2.72. The van der Waals surface area contributed by atoms with Gasteiger partial charge in [0.25, 0.3) is 0 Å². The van der Waals surface area contributed by atoms with Crippen LogP contribution in [0.25, 0.3) is 0 Å². The van der Waals surface area contributed by atoms with Gasteiger partial charge in [-0.15, -0.1) is 0 Å². The first kappa shape index (κ1) is 8.14. The average molecular weight is 187 g/mol. The molecule has 0 aliphatic heterocycles. The minimum absolute atomic E-state index is 0.322. The van der Waals surface area contributed by atoms with Gasteiger partial charge in [-0.3, -0.25) is 0 Å². The fourth-order valence-electron chi connectivity index (χ4n) is 1.34. The van der Waals surface area contributed by atoms with Crippen LogP contribution >= 0.6 is 11.6 Å². The lowest BCUT2D eigenvalue weighted by atomic mass is 10.1. The van der Waals surface area contributed by atoms with Gasteiger partial charge in [0.15, 0.2) is 5.22 Å². The number of aliphatic hydroxyl groups excluding tert-OH is 1. The molecule has 0 bridgehead atoms. The number of rotatable bonds is 3. The van der Waals surface area contributed by atoms with Crippen molar-refractivity contribution in [3.05, 3.63) is 23.1 Å². The number of hydrogen-bond donors (Lipinski definition) is 1. The lowest BCUT2D eigenvalue weighted by Crippen LogP contribution is -1.96. The third-order valence-corrected chi connectivity index (χ3v) is 2.57. The summed E-state index contributed by atoms with van der Waals surface area (Å²) in [5.41, 5.74) is 0.726. The Balaban J connectivity index is 2.02. The fraction of sp³-hybridized carbons (Fsp3) is 0.556. The van der Waals surface area contributed by atoms with Gasteiger partial charge >= 0.3 is 0 Å². The Labute approximate surface area is 76.1 Å². The van der Waals surface area contributed by atoms with Crippen molar-refractivity contribution < 1.29 is 9.52 Å². The summed E-state index contributed by atoms with van der Waals surface area (Å²) in [7, 11) is 0. The highest BCUT2D eigenvalue weighted by atomic mass is 35.5. The van der Waals surface area contributed by atoms with Crippen molar-refractivity contribution in [3.63, 3.8) is 0 Å². The molecule has 0 spiro atoms. The van der Waals surface area contributed by atoms with Gasteiger partial charge in [-0.1, -0.05) is 12.8 Å². The standard InChI is InChI=1S/C9H11ClO2/c10-9-7(3-4-12-9)8(11)5-6-1-2-6/h3-4,6,8,11H,1-2,5H2. The van der Waals surface area contributed by atoms with Gasteiger partial charge in [-0.25, -0.2) is 0 Å². The van der Waals surface area contributed by atoms with E-state index >= 15 is 0 Å². The Bertz CT molecular complexity index is 265. The Morgan fingerprint density at radius 2 is 2.42 bits per heavy atom. The van der Waals surface area contributed by atoms with Crippen molar-refractivity contribution in [2.45, 2.75) is 25.4 Å². The Morgan fingerprint density at radius 3 is 2.92 bits per heavy atom. The van der Waals surface area contributed by atoms with Crippen LogP contribution in [0.3, 0.4) is 0 Å². The molecule has 1 aliphatic rings. The quantitative estimate of drug-likeness (QED) is 0.788. The van der Waals surface area contributed by atoms with Crippen molar-refractivity contribution in [2.24, 2.45) is 5.92 Å². The molecule has 1 heterocycles. The molecule has 1 atom stereocenters. The second-order valence-corrected chi connectivity index (χ2v) is 3.69. The zero-order valence-electron chi connectivity index (χ0n) is 6.66. The highest BCUT2D eigenvalue weighted by Gasteiger charge is 2.26. The minimum atomic E-state index is -0.441. The van der Waals surface area contributed by atoms with Crippen LogP contribution in [-0.4, -0.2) is 5.11 Å². The van der Waals surface area contributed by atoms with Crippen LogP contribution in [0.5, 0.6) is 0 Å². The van der Waals surface area contributed by atoms with E-state index < -0.39 is 6.10 Å². The molecule has 12 heavy (non-hydrogen) atoms. The second kappa shape index (κ2) is 3.11. The van der Waals surface area contributed by atoms with Crippen LogP contribution in [-0.2, 0) is 0 Å². The van der Waals surface area contributed by atoms with Crippen molar-refractivity contribution >= 4 is 11.6 Å². The lowest BCUT2D eigenvalue weighted by Gasteiger charge is -2.06. The van der Waals surface area contributed by atoms with Crippen molar-refractivity contribution in [1.29, 1.82) is 0 Å².